The van der Waals surface area contributed by atoms with E-state index in [0.717, 1.165) is 33.4 Å². The molecule has 2 aliphatic heterocycles. The third-order valence-corrected chi connectivity index (χ3v) is 10.2. The van der Waals surface area contributed by atoms with Gasteiger partial charge in [-0.25, -0.2) is 0 Å². The van der Waals surface area contributed by atoms with Gasteiger partial charge >= 0.3 is 0 Å². The quantitative estimate of drug-likeness (QED) is 0.200. The van der Waals surface area contributed by atoms with Gasteiger partial charge < -0.3 is 35.8 Å². The Hall–Kier alpha value is -5.50. The van der Waals surface area contributed by atoms with E-state index in [-0.39, 0.29) is 44.8 Å². The van der Waals surface area contributed by atoms with Gasteiger partial charge in [0.2, 0.25) is 29.5 Å². The smallest absolute Gasteiger partial charge is 0.246 e. The van der Waals surface area contributed by atoms with Crippen molar-refractivity contribution in [3.05, 3.63) is 88.9 Å². The van der Waals surface area contributed by atoms with Crippen molar-refractivity contribution in [2.45, 2.75) is 76.7 Å². The highest BCUT2D eigenvalue weighted by molar-refractivity contribution is 5.96. The summed E-state index contributed by atoms with van der Waals surface area (Å²) in [7, 11) is 1.84. The number of hydrogen-bond acceptors (Lipinski definition) is 7. The number of carbonyl (C=O) groups is 5. The molecule has 2 aliphatic rings. The van der Waals surface area contributed by atoms with Crippen molar-refractivity contribution in [1.82, 2.24) is 40.5 Å². The van der Waals surface area contributed by atoms with Crippen LogP contribution in [0.3, 0.4) is 0 Å². The lowest BCUT2D eigenvalue weighted by Gasteiger charge is -2.30. The predicted molar refractivity (Wildman–Crippen MR) is 193 cm³/mol. The van der Waals surface area contributed by atoms with E-state index in [0.29, 0.717) is 12.0 Å². The normalized spacial score (nSPS) is 23.4. The summed E-state index contributed by atoms with van der Waals surface area (Å²) in [6.07, 6.45) is 1.35. The average Bonchev–Trinajstić information content (AvgIpc) is 3.79. The molecule has 0 spiro atoms. The number of aryl methyl sites for hydroxylation is 2. The Balaban J connectivity index is 1.36. The van der Waals surface area contributed by atoms with Gasteiger partial charge in [0.05, 0.1) is 24.4 Å². The molecule has 0 unspecified atom stereocenters. The summed E-state index contributed by atoms with van der Waals surface area (Å²) in [6.45, 7) is 4.81. The first-order chi connectivity index (χ1) is 24.9. The number of rotatable bonds is 6. The van der Waals surface area contributed by atoms with Crippen LogP contribution < -0.4 is 16.0 Å². The number of para-hydroxylation sites is 1. The minimum atomic E-state index is -1.13. The Kier molecular flexibility index (Phi) is 10.7. The second kappa shape index (κ2) is 15.4. The molecule has 0 bridgehead atoms. The van der Waals surface area contributed by atoms with Gasteiger partial charge in [0.1, 0.15) is 18.1 Å². The van der Waals surface area contributed by atoms with Crippen LogP contribution in [0.15, 0.2) is 60.8 Å². The molecular formula is C38H46N8O6. The van der Waals surface area contributed by atoms with Crippen LogP contribution in [-0.4, -0.2) is 103 Å². The summed E-state index contributed by atoms with van der Waals surface area (Å²) >= 11 is 0. The van der Waals surface area contributed by atoms with Crippen LogP contribution in [-0.2, 0) is 43.9 Å². The highest BCUT2D eigenvalue weighted by Gasteiger charge is 2.42. The summed E-state index contributed by atoms with van der Waals surface area (Å²) in [5.41, 5.74) is 5.04. The molecule has 274 valence electrons. The topological polar surface area (TPSA) is 182 Å². The summed E-state index contributed by atoms with van der Waals surface area (Å²) < 4.78 is 1.77. The van der Waals surface area contributed by atoms with Crippen molar-refractivity contribution in [2.75, 3.05) is 19.6 Å². The SMILES string of the molecule is Cc1nn(C)c(C)c1CCC(=O)N1CC(=O)N[C@H](Cc2c[nH]c3ccccc23)C(=O)N2C[C@H](O)C[C@H]2C(=O)N[C@@H](C)C(=O)N[C@H](c2ccccc2)C1. The van der Waals surface area contributed by atoms with Crippen LogP contribution in [0.1, 0.15) is 53.9 Å². The third kappa shape index (κ3) is 7.86. The average molecular weight is 711 g/mol. The van der Waals surface area contributed by atoms with Crippen LogP contribution in [0.2, 0.25) is 0 Å². The Morgan fingerprint density at radius 3 is 2.40 bits per heavy atom. The van der Waals surface area contributed by atoms with E-state index in [9.17, 15) is 29.1 Å². The van der Waals surface area contributed by atoms with Gasteiger partial charge in [-0.15, -0.1) is 0 Å². The maximum atomic E-state index is 14.3. The molecule has 0 radical (unpaired) electrons. The highest BCUT2D eigenvalue weighted by Crippen LogP contribution is 2.24. The molecule has 4 heterocycles. The molecule has 5 amide bonds. The number of amides is 5. The molecule has 2 fully saturated rings. The Labute approximate surface area is 301 Å². The summed E-state index contributed by atoms with van der Waals surface area (Å²) in [4.78, 5) is 75.6. The number of benzene rings is 2. The fraction of sp³-hybridized carbons (Fsp3) is 0.421. The lowest BCUT2D eigenvalue weighted by Crippen LogP contribution is -2.56. The monoisotopic (exact) mass is 710 g/mol. The van der Waals surface area contributed by atoms with Crippen molar-refractivity contribution >= 4 is 40.4 Å². The van der Waals surface area contributed by atoms with Gasteiger partial charge in [-0.3, -0.25) is 28.7 Å². The molecular weight excluding hydrogens is 664 g/mol. The van der Waals surface area contributed by atoms with E-state index in [4.69, 9.17) is 0 Å². The minimum absolute atomic E-state index is 0.0233. The predicted octanol–water partition coefficient (Wildman–Crippen LogP) is 1.34. The summed E-state index contributed by atoms with van der Waals surface area (Å²) in [6, 6.07) is 12.8. The lowest BCUT2D eigenvalue weighted by atomic mass is 10.0. The molecule has 14 heteroatoms. The molecule has 52 heavy (non-hydrogen) atoms. The summed E-state index contributed by atoms with van der Waals surface area (Å²) in [5.74, 6) is -2.55. The number of aromatic nitrogens is 3. The molecule has 6 rings (SSSR count). The van der Waals surface area contributed by atoms with Crippen LogP contribution >= 0.6 is 0 Å². The largest absolute Gasteiger partial charge is 0.391 e. The first-order valence-corrected chi connectivity index (χ1v) is 17.6. The van der Waals surface area contributed by atoms with Gasteiger partial charge in [0, 0.05) is 62.2 Å². The first kappa shape index (κ1) is 36.3. The number of carbonyl (C=O) groups excluding carboxylic acids is 5. The zero-order valence-electron chi connectivity index (χ0n) is 29.9. The van der Waals surface area contributed by atoms with Crippen molar-refractivity contribution in [3.63, 3.8) is 0 Å². The Morgan fingerprint density at radius 2 is 1.67 bits per heavy atom. The maximum Gasteiger partial charge on any atom is 0.246 e. The molecule has 2 aromatic heterocycles. The van der Waals surface area contributed by atoms with Crippen molar-refractivity contribution in [2.24, 2.45) is 7.05 Å². The molecule has 4 aromatic rings. The van der Waals surface area contributed by atoms with E-state index in [1.165, 1.54) is 16.7 Å². The number of H-pyrrole nitrogens is 1. The van der Waals surface area contributed by atoms with E-state index < -0.39 is 53.9 Å². The fourth-order valence-corrected chi connectivity index (χ4v) is 7.28. The van der Waals surface area contributed by atoms with E-state index in [2.05, 4.69) is 26.0 Å². The number of fused-ring (bicyclic) bond motifs is 2. The molecule has 0 aliphatic carbocycles. The summed E-state index contributed by atoms with van der Waals surface area (Å²) in [5, 5.41) is 24.6. The number of nitrogens with zero attached hydrogens (tertiary/aromatic N) is 4. The van der Waals surface area contributed by atoms with Crippen molar-refractivity contribution in [3.8, 4) is 0 Å². The number of nitrogens with one attached hydrogen (secondary N) is 4. The van der Waals surface area contributed by atoms with E-state index in [1.807, 2.05) is 75.5 Å². The van der Waals surface area contributed by atoms with Crippen LogP contribution in [0.25, 0.3) is 10.9 Å². The van der Waals surface area contributed by atoms with Gasteiger partial charge in [0.15, 0.2) is 0 Å². The molecule has 5 atom stereocenters. The number of aromatic amines is 1. The fourth-order valence-electron chi connectivity index (χ4n) is 7.28. The molecule has 5 N–H and O–H groups in total. The molecule has 0 saturated carbocycles. The Bertz CT molecular complexity index is 1970. The van der Waals surface area contributed by atoms with Crippen LogP contribution in [0, 0.1) is 13.8 Å². The molecule has 2 aromatic carbocycles. The van der Waals surface area contributed by atoms with Crippen molar-refractivity contribution in [1.29, 1.82) is 0 Å². The van der Waals surface area contributed by atoms with Gasteiger partial charge in [-0.1, -0.05) is 48.5 Å². The zero-order valence-corrected chi connectivity index (χ0v) is 29.9. The van der Waals surface area contributed by atoms with Crippen molar-refractivity contribution < 1.29 is 29.1 Å². The molecule has 14 nitrogen and oxygen atoms in total. The standard InChI is InChI=1S/C38H46N8O6/c1-22-28(24(3)44(4)43-22)14-15-35(49)45-20-32(25-10-6-5-7-11-25)42-36(50)23(2)40-37(51)33-17-27(47)19-46(33)38(52)31(41-34(48)21-45)16-26-18-39-30-13-9-8-12-29(26)30/h5-13,18,23,27,31-33,39,47H,14-17,19-21H2,1-4H3,(H,40,51)(H,41,48)(H,42,50)/t23-,27+,31+,32-,33-/m0/s1. The maximum absolute atomic E-state index is 14.3. The molecule has 2 saturated heterocycles. The first-order valence-electron chi connectivity index (χ1n) is 17.6. The second-order valence-corrected chi connectivity index (χ2v) is 13.8. The zero-order chi connectivity index (χ0) is 37.1. The number of hydrogen-bond donors (Lipinski definition) is 5. The van der Waals surface area contributed by atoms with E-state index in [1.54, 1.807) is 10.9 Å². The van der Waals surface area contributed by atoms with Gasteiger partial charge in [-0.05, 0) is 49.9 Å². The number of aliphatic hydroxyl groups is 1. The minimum Gasteiger partial charge on any atom is -0.391 e. The van der Waals surface area contributed by atoms with Crippen LogP contribution in [0.5, 0.6) is 0 Å². The number of aliphatic hydroxyl groups excluding tert-OH is 1. The van der Waals surface area contributed by atoms with Crippen LogP contribution in [0.4, 0.5) is 0 Å². The second-order valence-electron chi connectivity index (χ2n) is 13.8. The third-order valence-electron chi connectivity index (χ3n) is 10.2. The van der Waals surface area contributed by atoms with Gasteiger partial charge in [0.25, 0.3) is 0 Å². The van der Waals surface area contributed by atoms with E-state index >= 15 is 0 Å². The highest BCUT2D eigenvalue weighted by atomic mass is 16.3. The van der Waals surface area contributed by atoms with Gasteiger partial charge in [-0.2, -0.15) is 5.10 Å². The Morgan fingerprint density at radius 1 is 0.942 bits per heavy atom. The lowest BCUT2D eigenvalue weighted by molar-refractivity contribution is -0.142.